The monoisotopic (exact) mass is 270 g/mol. The van der Waals surface area contributed by atoms with Gasteiger partial charge in [0.25, 0.3) is 5.91 Å². The molecule has 0 atom stereocenters. The molecule has 0 saturated carbocycles. The third-order valence-electron chi connectivity index (χ3n) is 3.42. The van der Waals surface area contributed by atoms with Gasteiger partial charge in [-0.25, -0.2) is 0 Å². The summed E-state index contributed by atoms with van der Waals surface area (Å²) in [4.78, 5) is 12.0. The van der Waals surface area contributed by atoms with Gasteiger partial charge in [0.1, 0.15) is 0 Å². The van der Waals surface area contributed by atoms with Crippen LogP contribution in [0.4, 0.5) is 0 Å². The molecule has 0 aliphatic heterocycles. The summed E-state index contributed by atoms with van der Waals surface area (Å²) < 4.78 is 0. The van der Waals surface area contributed by atoms with Crippen LogP contribution < -0.4 is 11.1 Å². The van der Waals surface area contributed by atoms with Crippen LogP contribution in [0.1, 0.15) is 35.7 Å². The van der Waals surface area contributed by atoms with Gasteiger partial charge in [-0.3, -0.25) is 4.79 Å². The van der Waals surface area contributed by atoms with E-state index in [9.17, 15) is 4.79 Å². The number of hydrogen-bond acceptors (Lipinski definition) is 2. The Morgan fingerprint density at radius 1 is 1.25 bits per heavy atom. The summed E-state index contributed by atoms with van der Waals surface area (Å²) in [6.07, 6.45) is 3.00. The van der Waals surface area contributed by atoms with Gasteiger partial charge in [-0.1, -0.05) is 37.6 Å². The number of rotatable bonds is 6. The molecule has 20 heavy (non-hydrogen) atoms. The molecule has 0 unspecified atom stereocenters. The summed E-state index contributed by atoms with van der Waals surface area (Å²) in [6, 6.07) is 12.2. The quantitative estimate of drug-likeness (QED) is 0.793. The van der Waals surface area contributed by atoms with E-state index >= 15 is 0 Å². The van der Waals surface area contributed by atoms with E-state index in [1.165, 1.54) is 10.9 Å². The maximum Gasteiger partial charge on any atom is 0.251 e. The second kappa shape index (κ2) is 7.06. The molecule has 2 aromatic rings. The zero-order chi connectivity index (χ0) is 14.4. The molecule has 3 N–H and O–H groups in total. The SMILES string of the molecule is CCCc1cccc2cc(C(=O)NCCCN)ccc12. The van der Waals surface area contributed by atoms with Crippen molar-refractivity contribution in [2.24, 2.45) is 5.73 Å². The van der Waals surface area contributed by atoms with Crippen LogP contribution in [0.3, 0.4) is 0 Å². The first kappa shape index (κ1) is 14.5. The molecule has 1 amide bonds. The minimum atomic E-state index is -0.0266. The van der Waals surface area contributed by atoms with Gasteiger partial charge in [-0.2, -0.15) is 0 Å². The summed E-state index contributed by atoms with van der Waals surface area (Å²) in [7, 11) is 0. The fourth-order valence-corrected chi connectivity index (χ4v) is 2.39. The van der Waals surface area contributed by atoms with Crippen molar-refractivity contribution in [2.45, 2.75) is 26.2 Å². The van der Waals surface area contributed by atoms with Crippen molar-refractivity contribution >= 4 is 16.7 Å². The van der Waals surface area contributed by atoms with Crippen LogP contribution >= 0.6 is 0 Å². The zero-order valence-corrected chi connectivity index (χ0v) is 12.0. The fraction of sp³-hybridized carbons (Fsp3) is 0.353. The maximum absolute atomic E-state index is 12.0. The van der Waals surface area contributed by atoms with Gasteiger partial charge in [0.15, 0.2) is 0 Å². The lowest BCUT2D eigenvalue weighted by Gasteiger charge is -2.08. The fourth-order valence-electron chi connectivity index (χ4n) is 2.39. The van der Waals surface area contributed by atoms with E-state index in [0.717, 1.165) is 24.6 Å². The molecule has 2 rings (SSSR count). The molecule has 0 heterocycles. The molecular formula is C17H22N2O. The third kappa shape index (κ3) is 3.36. The van der Waals surface area contributed by atoms with Gasteiger partial charge in [0, 0.05) is 12.1 Å². The Labute approximate surface area is 120 Å². The summed E-state index contributed by atoms with van der Waals surface area (Å²) in [5.74, 6) is -0.0266. The molecule has 0 aromatic heterocycles. The van der Waals surface area contributed by atoms with Crippen LogP contribution in [0.15, 0.2) is 36.4 Å². The third-order valence-corrected chi connectivity index (χ3v) is 3.42. The normalized spacial score (nSPS) is 10.7. The molecule has 3 heteroatoms. The number of aryl methyl sites for hydroxylation is 1. The lowest BCUT2D eigenvalue weighted by atomic mass is 9.99. The largest absolute Gasteiger partial charge is 0.352 e. The average Bonchev–Trinajstić information content (AvgIpc) is 2.47. The molecule has 0 spiro atoms. The van der Waals surface area contributed by atoms with E-state index in [4.69, 9.17) is 5.73 Å². The van der Waals surface area contributed by atoms with E-state index in [0.29, 0.717) is 18.7 Å². The number of carbonyl (C=O) groups is 1. The predicted octanol–water partition coefficient (Wildman–Crippen LogP) is 2.87. The van der Waals surface area contributed by atoms with Gasteiger partial charge in [-0.05, 0) is 47.9 Å². The molecule has 106 valence electrons. The number of fused-ring (bicyclic) bond motifs is 1. The Bertz CT molecular complexity index is 593. The second-order valence-electron chi connectivity index (χ2n) is 5.00. The van der Waals surface area contributed by atoms with E-state index in [1.54, 1.807) is 0 Å². The van der Waals surface area contributed by atoms with Gasteiger partial charge in [0.2, 0.25) is 0 Å². The molecule has 3 nitrogen and oxygen atoms in total. The number of amides is 1. The highest BCUT2D eigenvalue weighted by Gasteiger charge is 2.07. The first-order valence-electron chi connectivity index (χ1n) is 7.26. The first-order chi connectivity index (χ1) is 9.76. The molecule has 0 bridgehead atoms. The highest BCUT2D eigenvalue weighted by molar-refractivity contribution is 5.99. The van der Waals surface area contributed by atoms with Gasteiger partial charge < -0.3 is 11.1 Å². The highest BCUT2D eigenvalue weighted by Crippen LogP contribution is 2.21. The first-order valence-corrected chi connectivity index (χ1v) is 7.26. The van der Waals surface area contributed by atoms with Crippen molar-refractivity contribution in [1.29, 1.82) is 0 Å². The molecule has 0 radical (unpaired) electrons. The van der Waals surface area contributed by atoms with Crippen molar-refractivity contribution < 1.29 is 4.79 Å². The van der Waals surface area contributed by atoms with Crippen molar-refractivity contribution in [1.82, 2.24) is 5.32 Å². The van der Waals surface area contributed by atoms with E-state index in [2.05, 4.69) is 36.5 Å². The van der Waals surface area contributed by atoms with Crippen LogP contribution in [0.2, 0.25) is 0 Å². The standard InChI is InChI=1S/C17H22N2O/c1-2-5-13-6-3-7-14-12-15(8-9-16(13)14)17(20)19-11-4-10-18/h3,6-9,12H,2,4-5,10-11,18H2,1H3,(H,19,20). The Morgan fingerprint density at radius 2 is 2.10 bits per heavy atom. The molecule has 0 fully saturated rings. The van der Waals surface area contributed by atoms with E-state index in [1.807, 2.05) is 12.1 Å². The second-order valence-corrected chi connectivity index (χ2v) is 5.00. The lowest BCUT2D eigenvalue weighted by molar-refractivity contribution is 0.0953. The van der Waals surface area contributed by atoms with Crippen LogP contribution in [-0.2, 0) is 6.42 Å². The summed E-state index contributed by atoms with van der Waals surface area (Å²) in [5, 5.41) is 5.26. The minimum absolute atomic E-state index is 0.0266. The zero-order valence-electron chi connectivity index (χ0n) is 12.0. The van der Waals surface area contributed by atoms with E-state index < -0.39 is 0 Å². The summed E-state index contributed by atoms with van der Waals surface area (Å²) in [6.45, 7) is 3.40. The maximum atomic E-state index is 12.0. The van der Waals surface area contributed by atoms with Gasteiger partial charge in [0.05, 0.1) is 0 Å². The Balaban J connectivity index is 2.23. The lowest BCUT2D eigenvalue weighted by Crippen LogP contribution is -2.25. The van der Waals surface area contributed by atoms with Gasteiger partial charge >= 0.3 is 0 Å². The minimum Gasteiger partial charge on any atom is -0.352 e. The van der Waals surface area contributed by atoms with Crippen molar-refractivity contribution in [2.75, 3.05) is 13.1 Å². The molecule has 0 saturated heterocycles. The van der Waals surface area contributed by atoms with Gasteiger partial charge in [-0.15, -0.1) is 0 Å². The highest BCUT2D eigenvalue weighted by atomic mass is 16.1. The number of carbonyl (C=O) groups excluding carboxylic acids is 1. The topological polar surface area (TPSA) is 55.1 Å². The van der Waals surface area contributed by atoms with Crippen molar-refractivity contribution in [3.63, 3.8) is 0 Å². The smallest absolute Gasteiger partial charge is 0.251 e. The van der Waals surface area contributed by atoms with Crippen LogP contribution in [0.5, 0.6) is 0 Å². The molecular weight excluding hydrogens is 248 g/mol. The Hall–Kier alpha value is -1.87. The predicted molar refractivity (Wildman–Crippen MR) is 83.9 cm³/mol. The summed E-state index contributed by atoms with van der Waals surface area (Å²) in [5.41, 5.74) is 7.48. The van der Waals surface area contributed by atoms with Crippen LogP contribution in [-0.4, -0.2) is 19.0 Å². The number of nitrogens with two attached hydrogens (primary N) is 1. The number of hydrogen-bond donors (Lipinski definition) is 2. The number of nitrogens with one attached hydrogen (secondary N) is 1. The Kier molecular flexibility index (Phi) is 5.13. The molecule has 0 aliphatic carbocycles. The van der Waals surface area contributed by atoms with E-state index in [-0.39, 0.29) is 5.91 Å². The van der Waals surface area contributed by atoms with Crippen LogP contribution in [0, 0.1) is 0 Å². The van der Waals surface area contributed by atoms with Crippen molar-refractivity contribution in [3.8, 4) is 0 Å². The van der Waals surface area contributed by atoms with Crippen LogP contribution in [0.25, 0.3) is 10.8 Å². The number of benzene rings is 2. The Morgan fingerprint density at radius 3 is 2.85 bits per heavy atom. The average molecular weight is 270 g/mol. The van der Waals surface area contributed by atoms with Crippen molar-refractivity contribution in [3.05, 3.63) is 47.5 Å². The molecule has 2 aromatic carbocycles. The molecule has 0 aliphatic rings. The summed E-state index contributed by atoms with van der Waals surface area (Å²) >= 11 is 0.